The van der Waals surface area contributed by atoms with Crippen LogP contribution in [0.5, 0.6) is 0 Å². The number of hydrogen-bond donors (Lipinski definition) is 2. The zero-order valence-corrected chi connectivity index (χ0v) is 11.2. The molecule has 1 aromatic rings. The molecule has 0 saturated heterocycles. The minimum atomic E-state index is -0.872. The standard InChI is InChI=1S/C14H17N3O3/c1-17-7-8(6-16-17)5-15-13(18)11-9-2-3-10(4-9)12(11)14(19)20/h2-3,6-7,9-12H,4-5H2,1H3,(H,15,18)(H,19,20)/t9?,10?,11-,12+/m0/s1. The number of fused-ring (bicyclic) bond motifs is 2. The molecule has 1 heterocycles. The van der Waals surface area contributed by atoms with E-state index >= 15 is 0 Å². The van der Waals surface area contributed by atoms with Crippen LogP contribution in [0.2, 0.25) is 0 Å². The molecule has 3 rings (SSSR count). The molecular formula is C14H17N3O3. The molecule has 2 bridgehead atoms. The highest BCUT2D eigenvalue weighted by atomic mass is 16.4. The zero-order valence-electron chi connectivity index (χ0n) is 11.2. The lowest BCUT2D eigenvalue weighted by Crippen LogP contribution is -2.39. The number of carbonyl (C=O) groups is 2. The van der Waals surface area contributed by atoms with Crippen LogP contribution in [-0.4, -0.2) is 26.8 Å². The molecule has 2 unspecified atom stereocenters. The highest BCUT2D eigenvalue weighted by Crippen LogP contribution is 2.48. The third-order valence-corrected chi connectivity index (χ3v) is 4.27. The van der Waals surface area contributed by atoms with Crippen molar-refractivity contribution in [2.75, 3.05) is 0 Å². The van der Waals surface area contributed by atoms with E-state index in [1.165, 1.54) is 0 Å². The van der Waals surface area contributed by atoms with Gasteiger partial charge in [-0.05, 0) is 18.3 Å². The van der Waals surface area contributed by atoms with Gasteiger partial charge in [0.05, 0.1) is 18.0 Å². The summed E-state index contributed by atoms with van der Waals surface area (Å²) in [6, 6.07) is 0. The van der Waals surface area contributed by atoms with E-state index in [0.29, 0.717) is 6.54 Å². The molecular weight excluding hydrogens is 258 g/mol. The summed E-state index contributed by atoms with van der Waals surface area (Å²) in [6.07, 6.45) is 8.22. The number of aliphatic carboxylic acids is 1. The first-order valence-corrected chi connectivity index (χ1v) is 6.72. The van der Waals surface area contributed by atoms with Gasteiger partial charge in [-0.2, -0.15) is 5.10 Å². The van der Waals surface area contributed by atoms with E-state index in [0.717, 1.165) is 12.0 Å². The van der Waals surface area contributed by atoms with Gasteiger partial charge in [0, 0.05) is 25.4 Å². The summed E-state index contributed by atoms with van der Waals surface area (Å²) < 4.78 is 1.67. The van der Waals surface area contributed by atoms with Crippen LogP contribution in [0.3, 0.4) is 0 Å². The Hall–Kier alpha value is -2.11. The Kier molecular flexibility index (Phi) is 3.08. The largest absolute Gasteiger partial charge is 0.481 e. The third-order valence-electron chi connectivity index (χ3n) is 4.27. The lowest BCUT2D eigenvalue weighted by Gasteiger charge is -2.23. The van der Waals surface area contributed by atoms with Crippen molar-refractivity contribution in [3.63, 3.8) is 0 Å². The predicted octanol–water partition coefficient (Wildman–Crippen LogP) is 0.559. The number of allylic oxidation sites excluding steroid dienone is 2. The molecule has 6 nitrogen and oxygen atoms in total. The summed E-state index contributed by atoms with van der Waals surface area (Å²) in [5.74, 6) is -2.00. The Morgan fingerprint density at radius 1 is 1.40 bits per heavy atom. The van der Waals surface area contributed by atoms with E-state index in [1.54, 1.807) is 10.9 Å². The van der Waals surface area contributed by atoms with Gasteiger partial charge in [0.1, 0.15) is 0 Å². The maximum Gasteiger partial charge on any atom is 0.307 e. The fraction of sp³-hybridized carbons (Fsp3) is 0.500. The van der Waals surface area contributed by atoms with Gasteiger partial charge < -0.3 is 10.4 Å². The summed E-state index contributed by atoms with van der Waals surface area (Å²) in [5, 5.41) is 16.2. The highest BCUT2D eigenvalue weighted by molar-refractivity contribution is 5.86. The van der Waals surface area contributed by atoms with Crippen molar-refractivity contribution in [3.05, 3.63) is 30.1 Å². The molecule has 1 saturated carbocycles. The van der Waals surface area contributed by atoms with Crippen LogP contribution in [0.4, 0.5) is 0 Å². The quantitative estimate of drug-likeness (QED) is 0.786. The molecule has 1 aromatic heterocycles. The van der Waals surface area contributed by atoms with Gasteiger partial charge in [0.25, 0.3) is 0 Å². The van der Waals surface area contributed by atoms with E-state index in [2.05, 4.69) is 10.4 Å². The molecule has 0 radical (unpaired) electrons. The van der Waals surface area contributed by atoms with Crippen LogP contribution < -0.4 is 5.32 Å². The monoisotopic (exact) mass is 275 g/mol. The molecule has 106 valence electrons. The third kappa shape index (κ3) is 2.11. The lowest BCUT2D eigenvalue weighted by atomic mass is 9.82. The number of hydrogen-bond acceptors (Lipinski definition) is 3. The number of nitrogens with zero attached hydrogens (tertiary/aromatic N) is 2. The second kappa shape index (κ2) is 4.77. The molecule has 4 atom stereocenters. The average Bonchev–Trinajstić information content (AvgIpc) is 3.10. The average molecular weight is 275 g/mol. The fourth-order valence-electron chi connectivity index (χ4n) is 3.39. The molecule has 6 heteroatoms. The predicted molar refractivity (Wildman–Crippen MR) is 70.4 cm³/mol. The van der Waals surface area contributed by atoms with Gasteiger partial charge >= 0.3 is 5.97 Å². The van der Waals surface area contributed by atoms with E-state index in [9.17, 15) is 14.7 Å². The second-order valence-electron chi connectivity index (χ2n) is 5.58. The van der Waals surface area contributed by atoms with Gasteiger partial charge in [-0.25, -0.2) is 0 Å². The smallest absolute Gasteiger partial charge is 0.307 e. The van der Waals surface area contributed by atoms with Crippen LogP contribution in [0.15, 0.2) is 24.5 Å². The summed E-state index contributed by atoms with van der Waals surface area (Å²) in [7, 11) is 1.81. The van der Waals surface area contributed by atoms with Gasteiger partial charge in [0.2, 0.25) is 5.91 Å². The summed E-state index contributed by atoms with van der Waals surface area (Å²) >= 11 is 0. The summed E-state index contributed by atoms with van der Waals surface area (Å²) in [5.41, 5.74) is 0.909. The van der Waals surface area contributed by atoms with Crippen molar-refractivity contribution in [1.82, 2.24) is 15.1 Å². The molecule has 2 N–H and O–H groups in total. The molecule has 0 spiro atoms. The van der Waals surface area contributed by atoms with Gasteiger partial charge in [-0.15, -0.1) is 0 Å². The van der Waals surface area contributed by atoms with Crippen molar-refractivity contribution in [3.8, 4) is 0 Å². The summed E-state index contributed by atoms with van der Waals surface area (Å²) in [4.78, 5) is 23.7. The van der Waals surface area contributed by atoms with Crippen LogP contribution in [0.1, 0.15) is 12.0 Å². The second-order valence-corrected chi connectivity index (χ2v) is 5.58. The van der Waals surface area contributed by atoms with Crippen molar-refractivity contribution in [2.45, 2.75) is 13.0 Å². The molecule has 1 amide bonds. The van der Waals surface area contributed by atoms with Crippen LogP contribution in [-0.2, 0) is 23.2 Å². The Morgan fingerprint density at radius 3 is 2.70 bits per heavy atom. The van der Waals surface area contributed by atoms with Gasteiger partial charge in [-0.1, -0.05) is 12.2 Å². The van der Waals surface area contributed by atoms with Crippen LogP contribution in [0.25, 0.3) is 0 Å². The molecule has 1 fully saturated rings. The zero-order chi connectivity index (χ0) is 14.3. The fourth-order valence-corrected chi connectivity index (χ4v) is 3.39. The van der Waals surface area contributed by atoms with Crippen molar-refractivity contribution >= 4 is 11.9 Å². The van der Waals surface area contributed by atoms with E-state index in [-0.39, 0.29) is 17.7 Å². The normalized spacial score (nSPS) is 30.6. The maximum absolute atomic E-state index is 12.3. The van der Waals surface area contributed by atoms with Crippen LogP contribution >= 0.6 is 0 Å². The van der Waals surface area contributed by atoms with Gasteiger partial charge in [-0.3, -0.25) is 14.3 Å². The van der Waals surface area contributed by atoms with E-state index < -0.39 is 17.8 Å². The number of aryl methyl sites for hydroxylation is 1. The first-order chi connectivity index (χ1) is 9.56. The Morgan fingerprint density at radius 2 is 2.10 bits per heavy atom. The number of rotatable bonds is 4. The van der Waals surface area contributed by atoms with Crippen LogP contribution in [0, 0.1) is 23.7 Å². The minimum absolute atomic E-state index is 0.00615. The topological polar surface area (TPSA) is 84.2 Å². The lowest BCUT2D eigenvalue weighted by molar-refractivity contribution is -0.147. The molecule has 20 heavy (non-hydrogen) atoms. The van der Waals surface area contributed by atoms with Crippen molar-refractivity contribution in [2.24, 2.45) is 30.7 Å². The van der Waals surface area contributed by atoms with Crippen molar-refractivity contribution in [1.29, 1.82) is 0 Å². The number of nitrogens with one attached hydrogen (secondary N) is 1. The molecule has 0 aliphatic heterocycles. The number of carboxylic acids is 1. The number of amides is 1. The highest BCUT2D eigenvalue weighted by Gasteiger charge is 2.51. The summed E-state index contributed by atoms with van der Waals surface area (Å²) in [6.45, 7) is 0.386. The Balaban J connectivity index is 1.67. The van der Waals surface area contributed by atoms with Crippen molar-refractivity contribution < 1.29 is 14.7 Å². The number of carboxylic acid groups (broad SMARTS) is 1. The maximum atomic E-state index is 12.3. The van der Waals surface area contributed by atoms with E-state index in [4.69, 9.17) is 0 Å². The Bertz CT molecular complexity index is 578. The van der Waals surface area contributed by atoms with E-state index in [1.807, 2.05) is 25.4 Å². The number of aromatic nitrogens is 2. The molecule has 2 aliphatic carbocycles. The minimum Gasteiger partial charge on any atom is -0.481 e. The first-order valence-electron chi connectivity index (χ1n) is 6.72. The Labute approximate surface area is 116 Å². The SMILES string of the molecule is Cn1cc(CNC(=O)[C@H]2C3C=CC(C3)[C@H]2C(=O)O)cn1. The van der Waals surface area contributed by atoms with Gasteiger partial charge in [0.15, 0.2) is 0 Å². The number of carbonyl (C=O) groups excluding carboxylic acids is 1. The first kappa shape index (κ1) is 12.9. The molecule has 2 aliphatic rings. The molecule has 0 aromatic carbocycles.